The summed E-state index contributed by atoms with van der Waals surface area (Å²) in [4.78, 5) is 0. The largest absolute Gasteiger partial charge is 0.487 e. The molecule has 1 aromatic rings. The van der Waals surface area contributed by atoms with Crippen LogP contribution < -0.4 is 9.47 Å². The molecule has 0 aromatic heterocycles. The SMILES string of the molecule is CC[C@H](C)c1cc2c(cc1[C@@H](C)CC)OCCOCCOCCOCCO2. The molecule has 1 heterocycles. The average molecular weight is 381 g/mol. The van der Waals surface area contributed by atoms with Crippen LogP contribution in [-0.2, 0) is 14.2 Å². The molecule has 0 aliphatic carbocycles. The van der Waals surface area contributed by atoms with Crippen LogP contribution in [0.3, 0.4) is 0 Å². The second-order valence-electron chi connectivity index (χ2n) is 7.08. The topological polar surface area (TPSA) is 46.2 Å². The number of ether oxygens (including phenoxy) is 5. The van der Waals surface area contributed by atoms with Crippen molar-refractivity contribution in [3.63, 3.8) is 0 Å². The smallest absolute Gasteiger partial charge is 0.161 e. The molecular formula is C22H36O5. The fourth-order valence-corrected chi connectivity index (χ4v) is 3.07. The van der Waals surface area contributed by atoms with Crippen molar-refractivity contribution in [1.29, 1.82) is 0 Å². The Bertz CT molecular complexity index is 499. The zero-order valence-corrected chi connectivity index (χ0v) is 17.4. The molecule has 0 spiro atoms. The number of rotatable bonds is 4. The van der Waals surface area contributed by atoms with E-state index in [1.807, 2.05) is 0 Å². The van der Waals surface area contributed by atoms with Gasteiger partial charge in [0.1, 0.15) is 13.2 Å². The molecule has 1 aliphatic heterocycles. The quantitative estimate of drug-likeness (QED) is 0.768. The highest BCUT2D eigenvalue weighted by atomic mass is 16.6. The van der Waals surface area contributed by atoms with Crippen LogP contribution in [0.25, 0.3) is 0 Å². The zero-order valence-electron chi connectivity index (χ0n) is 17.4. The van der Waals surface area contributed by atoms with Gasteiger partial charge >= 0.3 is 0 Å². The molecule has 0 amide bonds. The van der Waals surface area contributed by atoms with Crippen molar-refractivity contribution in [3.05, 3.63) is 23.3 Å². The molecule has 2 atom stereocenters. The van der Waals surface area contributed by atoms with Crippen LogP contribution in [0.2, 0.25) is 0 Å². The average Bonchev–Trinajstić information content (AvgIpc) is 2.70. The molecule has 0 bridgehead atoms. The summed E-state index contributed by atoms with van der Waals surface area (Å²) in [6.07, 6.45) is 2.19. The molecule has 0 saturated carbocycles. The van der Waals surface area contributed by atoms with E-state index in [2.05, 4.69) is 39.8 Å². The maximum atomic E-state index is 6.04. The highest BCUT2D eigenvalue weighted by Gasteiger charge is 2.19. The summed E-state index contributed by atoms with van der Waals surface area (Å²) < 4.78 is 28.7. The highest BCUT2D eigenvalue weighted by Crippen LogP contribution is 2.39. The van der Waals surface area contributed by atoms with E-state index < -0.39 is 0 Å². The van der Waals surface area contributed by atoms with Crippen LogP contribution in [-0.4, -0.2) is 52.9 Å². The van der Waals surface area contributed by atoms with Gasteiger partial charge in [-0.05, 0) is 47.9 Å². The van der Waals surface area contributed by atoms with Gasteiger partial charge in [0.25, 0.3) is 0 Å². The van der Waals surface area contributed by atoms with Crippen molar-refractivity contribution in [2.24, 2.45) is 0 Å². The van der Waals surface area contributed by atoms with Gasteiger partial charge in [-0.2, -0.15) is 0 Å². The lowest BCUT2D eigenvalue weighted by atomic mass is 9.86. The summed E-state index contributed by atoms with van der Waals surface area (Å²) in [6, 6.07) is 4.35. The molecule has 154 valence electrons. The van der Waals surface area contributed by atoms with Gasteiger partial charge < -0.3 is 23.7 Å². The molecule has 0 saturated heterocycles. The predicted molar refractivity (Wildman–Crippen MR) is 107 cm³/mol. The summed E-state index contributed by atoms with van der Waals surface area (Å²) in [6.45, 7) is 13.3. The third-order valence-corrected chi connectivity index (χ3v) is 5.15. The van der Waals surface area contributed by atoms with Gasteiger partial charge in [0.05, 0.1) is 39.6 Å². The predicted octanol–water partition coefficient (Wildman–Crippen LogP) is 4.53. The van der Waals surface area contributed by atoms with Crippen LogP contribution in [0.4, 0.5) is 0 Å². The van der Waals surface area contributed by atoms with Gasteiger partial charge in [0.15, 0.2) is 11.5 Å². The van der Waals surface area contributed by atoms with Gasteiger partial charge in [-0.1, -0.05) is 27.7 Å². The van der Waals surface area contributed by atoms with Crippen molar-refractivity contribution in [2.75, 3.05) is 52.9 Å². The molecule has 1 aliphatic rings. The maximum absolute atomic E-state index is 6.04. The Morgan fingerprint density at radius 3 is 1.30 bits per heavy atom. The molecule has 5 nitrogen and oxygen atoms in total. The summed E-state index contributed by atoms with van der Waals surface area (Å²) >= 11 is 0. The normalized spacial score (nSPS) is 19.6. The standard InChI is InChI=1S/C22H36O5/c1-5-17(3)19-15-21-22(16-20(19)18(4)6-2)27-14-12-25-10-8-23-7-9-24-11-13-26-21/h15-18H,5-14H2,1-4H3/t17-,18-/m0/s1. The first-order chi connectivity index (χ1) is 13.2. The van der Waals surface area contributed by atoms with Gasteiger partial charge in [0, 0.05) is 0 Å². The van der Waals surface area contributed by atoms with E-state index >= 15 is 0 Å². The van der Waals surface area contributed by atoms with E-state index in [9.17, 15) is 0 Å². The molecule has 0 N–H and O–H groups in total. The third-order valence-electron chi connectivity index (χ3n) is 5.15. The minimum absolute atomic E-state index is 0.483. The molecule has 27 heavy (non-hydrogen) atoms. The maximum Gasteiger partial charge on any atom is 0.161 e. The van der Waals surface area contributed by atoms with E-state index in [1.54, 1.807) is 0 Å². The lowest BCUT2D eigenvalue weighted by Gasteiger charge is -2.23. The van der Waals surface area contributed by atoms with E-state index in [0.29, 0.717) is 64.7 Å². The molecule has 0 radical (unpaired) electrons. The van der Waals surface area contributed by atoms with E-state index in [4.69, 9.17) is 23.7 Å². The van der Waals surface area contributed by atoms with Gasteiger partial charge in [-0.3, -0.25) is 0 Å². The third kappa shape index (κ3) is 6.98. The fraction of sp³-hybridized carbons (Fsp3) is 0.727. The van der Waals surface area contributed by atoms with Crippen molar-refractivity contribution in [3.8, 4) is 11.5 Å². The lowest BCUT2D eigenvalue weighted by molar-refractivity contribution is 0.00708. The van der Waals surface area contributed by atoms with Gasteiger partial charge in [-0.15, -0.1) is 0 Å². The Morgan fingerprint density at radius 1 is 0.630 bits per heavy atom. The molecule has 0 unspecified atom stereocenters. The monoisotopic (exact) mass is 380 g/mol. The number of hydrogen-bond donors (Lipinski definition) is 0. The van der Waals surface area contributed by atoms with Crippen LogP contribution in [0.15, 0.2) is 12.1 Å². The Morgan fingerprint density at radius 2 is 0.963 bits per heavy atom. The second kappa shape index (κ2) is 12.2. The van der Waals surface area contributed by atoms with E-state index in [1.165, 1.54) is 11.1 Å². The Labute approximate surface area is 164 Å². The summed E-state index contributed by atoms with van der Waals surface area (Å²) in [7, 11) is 0. The molecule has 1 aromatic carbocycles. The van der Waals surface area contributed by atoms with Crippen molar-refractivity contribution in [2.45, 2.75) is 52.4 Å². The van der Waals surface area contributed by atoms with Crippen molar-refractivity contribution < 1.29 is 23.7 Å². The van der Waals surface area contributed by atoms with Crippen molar-refractivity contribution >= 4 is 0 Å². The number of hydrogen-bond acceptors (Lipinski definition) is 5. The highest BCUT2D eigenvalue weighted by molar-refractivity contribution is 5.49. The summed E-state index contributed by atoms with van der Waals surface area (Å²) in [5, 5.41) is 0. The minimum Gasteiger partial charge on any atom is -0.487 e. The molecule has 0 fully saturated rings. The lowest BCUT2D eigenvalue weighted by Crippen LogP contribution is -2.13. The zero-order chi connectivity index (χ0) is 19.5. The minimum atomic E-state index is 0.483. The molecule has 5 heteroatoms. The summed E-state index contributed by atoms with van der Waals surface area (Å²) in [5.41, 5.74) is 2.72. The van der Waals surface area contributed by atoms with Crippen LogP contribution in [0.5, 0.6) is 11.5 Å². The van der Waals surface area contributed by atoms with Crippen molar-refractivity contribution in [1.82, 2.24) is 0 Å². The fourth-order valence-electron chi connectivity index (χ4n) is 3.07. The number of benzene rings is 1. The van der Waals surface area contributed by atoms with E-state index in [0.717, 1.165) is 24.3 Å². The Balaban J connectivity index is 2.25. The second-order valence-corrected chi connectivity index (χ2v) is 7.08. The molecular weight excluding hydrogens is 344 g/mol. The Kier molecular flexibility index (Phi) is 9.95. The van der Waals surface area contributed by atoms with Crippen LogP contribution >= 0.6 is 0 Å². The van der Waals surface area contributed by atoms with Gasteiger partial charge in [-0.25, -0.2) is 0 Å². The van der Waals surface area contributed by atoms with E-state index in [-0.39, 0.29) is 0 Å². The first kappa shape index (κ1) is 22.0. The number of fused-ring (bicyclic) bond motifs is 1. The first-order valence-corrected chi connectivity index (χ1v) is 10.3. The van der Waals surface area contributed by atoms with Gasteiger partial charge in [0.2, 0.25) is 0 Å². The molecule has 2 rings (SSSR count). The van der Waals surface area contributed by atoms with Crippen LogP contribution in [0.1, 0.15) is 63.5 Å². The first-order valence-electron chi connectivity index (χ1n) is 10.3. The summed E-state index contributed by atoms with van der Waals surface area (Å²) in [5.74, 6) is 2.56. The Hall–Kier alpha value is -1.30. The van der Waals surface area contributed by atoms with Crippen LogP contribution in [0, 0.1) is 0 Å².